The molecule has 2 aromatic carbocycles. The molecular weight excluding hydrogens is 358 g/mol. The Labute approximate surface area is 173 Å². The summed E-state index contributed by atoms with van der Waals surface area (Å²) in [5.74, 6) is 0.229. The number of rotatable bonds is 7. The van der Waals surface area contributed by atoms with Gasteiger partial charge in [-0.15, -0.1) is 0 Å². The maximum atomic E-state index is 12.7. The number of anilines is 2. The van der Waals surface area contributed by atoms with Crippen LogP contribution in [0.5, 0.6) is 0 Å². The molecule has 0 aromatic heterocycles. The maximum Gasteiger partial charge on any atom is 0.163 e. The quantitative estimate of drug-likeness (QED) is 0.514. The molecule has 29 heavy (non-hydrogen) atoms. The third-order valence-corrected chi connectivity index (χ3v) is 5.34. The zero-order valence-electron chi connectivity index (χ0n) is 17.7. The summed E-state index contributed by atoms with van der Waals surface area (Å²) in [5, 5.41) is 0. The van der Waals surface area contributed by atoms with Crippen molar-refractivity contribution in [3.63, 3.8) is 0 Å². The molecular formula is C26H29NO2. The number of Topliss-reactive ketones (excluding diaryl/α,β-unsaturated/α-hetero) is 2. The Hall–Kier alpha value is -2.94. The predicted molar refractivity (Wildman–Crippen MR) is 120 cm³/mol. The van der Waals surface area contributed by atoms with Gasteiger partial charge in [-0.3, -0.25) is 9.59 Å². The van der Waals surface area contributed by atoms with E-state index in [0.717, 1.165) is 28.1 Å². The number of nitrogens with zero attached hydrogens (tertiary/aromatic N) is 1. The summed E-state index contributed by atoms with van der Waals surface area (Å²) in [5.41, 5.74) is 5.77. The van der Waals surface area contributed by atoms with Crippen LogP contribution < -0.4 is 4.90 Å². The Kier molecular flexibility index (Phi) is 6.48. The van der Waals surface area contributed by atoms with Crippen LogP contribution >= 0.6 is 0 Å². The summed E-state index contributed by atoms with van der Waals surface area (Å²) in [6.45, 7) is 8.24. The Morgan fingerprint density at radius 2 is 1.59 bits per heavy atom. The van der Waals surface area contributed by atoms with Gasteiger partial charge >= 0.3 is 0 Å². The van der Waals surface area contributed by atoms with Crippen LogP contribution in [-0.4, -0.2) is 17.6 Å². The lowest BCUT2D eigenvalue weighted by atomic mass is 9.89. The van der Waals surface area contributed by atoms with Gasteiger partial charge in [-0.1, -0.05) is 29.8 Å². The standard InChI is InChI=1S/C26H29NO2/c1-18(2)27(22-8-6-5-7-9-22)23-12-10-21(11-13-23)25(28)15-14-24-20(4)16-19(3)17-26(24)29/h5-13,16,18H,14-15,17H2,1-4H3. The van der Waals surface area contributed by atoms with Crippen LogP contribution in [0.1, 0.15) is 57.3 Å². The Morgan fingerprint density at radius 3 is 2.17 bits per heavy atom. The summed E-state index contributed by atoms with van der Waals surface area (Å²) in [4.78, 5) is 27.2. The number of hydrogen-bond acceptors (Lipinski definition) is 3. The number of carbonyl (C=O) groups is 2. The van der Waals surface area contributed by atoms with Crippen molar-refractivity contribution >= 4 is 22.9 Å². The van der Waals surface area contributed by atoms with Crippen LogP contribution in [0.3, 0.4) is 0 Å². The fourth-order valence-electron chi connectivity index (χ4n) is 3.95. The summed E-state index contributed by atoms with van der Waals surface area (Å²) >= 11 is 0. The number of benzene rings is 2. The molecule has 150 valence electrons. The van der Waals surface area contributed by atoms with E-state index in [2.05, 4.69) is 37.0 Å². The van der Waals surface area contributed by atoms with Gasteiger partial charge in [-0.2, -0.15) is 0 Å². The van der Waals surface area contributed by atoms with Crippen molar-refractivity contribution in [3.8, 4) is 0 Å². The van der Waals surface area contributed by atoms with Crippen LogP contribution in [-0.2, 0) is 4.79 Å². The van der Waals surface area contributed by atoms with E-state index in [1.165, 1.54) is 0 Å². The van der Waals surface area contributed by atoms with E-state index in [-0.39, 0.29) is 11.6 Å². The van der Waals surface area contributed by atoms with Crippen LogP contribution in [0, 0.1) is 0 Å². The first kappa shape index (κ1) is 20.8. The number of para-hydroxylation sites is 1. The first-order valence-electron chi connectivity index (χ1n) is 10.2. The number of allylic oxidation sites excluding steroid dienone is 4. The minimum absolute atomic E-state index is 0.0757. The van der Waals surface area contributed by atoms with Crippen molar-refractivity contribution in [1.29, 1.82) is 0 Å². The molecule has 0 amide bonds. The highest BCUT2D eigenvalue weighted by atomic mass is 16.1. The van der Waals surface area contributed by atoms with E-state index in [1.807, 2.05) is 56.3 Å². The van der Waals surface area contributed by atoms with E-state index < -0.39 is 0 Å². The second-order valence-electron chi connectivity index (χ2n) is 8.02. The molecule has 0 spiro atoms. The molecule has 0 unspecified atom stereocenters. The molecule has 0 aliphatic heterocycles. The minimum Gasteiger partial charge on any atom is -0.339 e. The predicted octanol–water partition coefficient (Wildman–Crippen LogP) is 6.43. The third kappa shape index (κ3) is 4.92. The van der Waals surface area contributed by atoms with Crippen LogP contribution in [0.2, 0.25) is 0 Å². The lowest BCUT2D eigenvalue weighted by Crippen LogP contribution is -2.25. The Balaban J connectivity index is 1.72. The minimum atomic E-state index is 0.0757. The van der Waals surface area contributed by atoms with Gasteiger partial charge in [0.25, 0.3) is 0 Å². The van der Waals surface area contributed by atoms with Gasteiger partial charge < -0.3 is 4.90 Å². The summed E-state index contributed by atoms with van der Waals surface area (Å²) in [6.07, 6.45) is 3.40. The molecule has 0 heterocycles. The van der Waals surface area contributed by atoms with E-state index in [0.29, 0.717) is 30.9 Å². The van der Waals surface area contributed by atoms with Gasteiger partial charge in [0.05, 0.1) is 0 Å². The number of ketones is 2. The normalized spacial score (nSPS) is 14.2. The fraction of sp³-hybridized carbons (Fsp3) is 0.308. The zero-order chi connectivity index (χ0) is 21.0. The second-order valence-corrected chi connectivity index (χ2v) is 8.02. The van der Waals surface area contributed by atoms with Gasteiger partial charge in [0.15, 0.2) is 11.6 Å². The molecule has 0 saturated heterocycles. The monoisotopic (exact) mass is 387 g/mol. The van der Waals surface area contributed by atoms with E-state index >= 15 is 0 Å². The molecule has 3 heteroatoms. The van der Waals surface area contributed by atoms with Crippen molar-refractivity contribution in [3.05, 3.63) is 83.0 Å². The lowest BCUT2D eigenvalue weighted by Gasteiger charge is -2.29. The zero-order valence-corrected chi connectivity index (χ0v) is 17.7. The molecule has 2 aromatic rings. The third-order valence-electron chi connectivity index (χ3n) is 5.34. The van der Waals surface area contributed by atoms with Gasteiger partial charge in [0.2, 0.25) is 0 Å². The average Bonchev–Trinajstić information content (AvgIpc) is 2.68. The van der Waals surface area contributed by atoms with Crippen molar-refractivity contribution in [2.45, 2.75) is 53.0 Å². The first-order valence-corrected chi connectivity index (χ1v) is 10.2. The van der Waals surface area contributed by atoms with E-state index in [9.17, 15) is 9.59 Å². The summed E-state index contributed by atoms with van der Waals surface area (Å²) in [6, 6.07) is 18.3. The van der Waals surface area contributed by atoms with Gasteiger partial charge in [0, 0.05) is 35.8 Å². The fourth-order valence-corrected chi connectivity index (χ4v) is 3.95. The van der Waals surface area contributed by atoms with Gasteiger partial charge in [-0.25, -0.2) is 0 Å². The molecule has 0 fully saturated rings. The second kappa shape index (κ2) is 9.04. The average molecular weight is 388 g/mol. The lowest BCUT2D eigenvalue weighted by molar-refractivity contribution is -0.115. The molecule has 0 atom stereocenters. The van der Waals surface area contributed by atoms with Crippen LogP contribution in [0.25, 0.3) is 0 Å². The summed E-state index contributed by atoms with van der Waals surface area (Å²) < 4.78 is 0. The molecule has 3 nitrogen and oxygen atoms in total. The van der Waals surface area contributed by atoms with E-state index in [1.54, 1.807) is 0 Å². The largest absolute Gasteiger partial charge is 0.339 e. The van der Waals surface area contributed by atoms with E-state index in [4.69, 9.17) is 0 Å². The van der Waals surface area contributed by atoms with Gasteiger partial charge in [0.1, 0.15) is 0 Å². The van der Waals surface area contributed by atoms with Crippen molar-refractivity contribution in [2.24, 2.45) is 0 Å². The molecule has 3 rings (SSSR count). The smallest absolute Gasteiger partial charge is 0.163 e. The first-order chi connectivity index (χ1) is 13.9. The highest BCUT2D eigenvalue weighted by molar-refractivity contribution is 6.01. The molecule has 0 radical (unpaired) electrons. The van der Waals surface area contributed by atoms with Crippen molar-refractivity contribution in [1.82, 2.24) is 0 Å². The highest BCUT2D eigenvalue weighted by Crippen LogP contribution is 2.29. The Morgan fingerprint density at radius 1 is 0.966 bits per heavy atom. The Bertz CT molecular complexity index is 950. The topological polar surface area (TPSA) is 37.4 Å². The van der Waals surface area contributed by atoms with Crippen molar-refractivity contribution < 1.29 is 9.59 Å². The molecule has 0 N–H and O–H groups in total. The molecule has 0 bridgehead atoms. The number of hydrogen-bond donors (Lipinski definition) is 0. The van der Waals surface area contributed by atoms with Gasteiger partial charge in [-0.05, 0) is 81.7 Å². The summed E-state index contributed by atoms with van der Waals surface area (Å²) in [7, 11) is 0. The van der Waals surface area contributed by atoms with Crippen LogP contribution in [0.4, 0.5) is 11.4 Å². The highest BCUT2D eigenvalue weighted by Gasteiger charge is 2.19. The maximum absolute atomic E-state index is 12.7. The molecule has 0 saturated carbocycles. The SMILES string of the molecule is CC1=CC(C)=C(CCC(=O)c2ccc(N(c3ccccc3)C(C)C)cc2)C(=O)C1. The van der Waals surface area contributed by atoms with Crippen LogP contribution in [0.15, 0.2) is 77.4 Å². The van der Waals surface area contributed by atoms with Crippen molar-refractivity contribution in [2.75, 3.05) is 4.90 Å². The molecule has 1 aliphatic carbocycles. The number of carbonyl (C=O) groups excluding carboxylic acids is 2. The molecule has 1 aliphatic rings.